The Balaban J connectivity index is 2.24. The molecule has 0 atom stereocenters. The first-order valence-corrected chi connectivity index (χ1v) is 7.37. The van der Waals surface area contributed by atoms with E-state index in [1.165, 1.54) is 12.1 Å². The third-order valence-corrected chi connectivity index (χ3v) is 3.43. The van der Waals surface area contributed by atoms with Gasteiger partial charge < -0.3 is 9.73 Å². The summed E-state index contributed by atoms with van der Waals surface area (Å²) in [7, 11) is -3.24. The Morgan fingerprint density at radius 2 is 2.17 bits per heavy atom. The maximum atomic E-state index is 11.4. The number of halogens is 1. The predicted octanol–water partition coefficient (Wildman–Crippen LogP) is 1.96. The molecule has 1 N–H and O–H groups in total. The van der Waals surface area contributed by atoms with Crippen molar-refractivity contribution in [2.24, 2.45) is 0 Å². The van der Waals surface area contributed by atoms with Gasteiger partial charge in [-0.1, -0.05) is 11.2 Å². The van der Waals surface area contributed by atoms with Crippen LogP contribution >= 0.6 is 11.6 Å². The van der Waals surface area contributed by atoms with E-state index >= 15 is 0 Å². The highest BCUT2D eigenvalue weighted by molar-refractivity contribution is 7.90. The number of benzene rings is 1. The van der Waals surface area contributed by atoms with Crippen molar-refractivity contribution in [3.8, 4) is 0 Å². The molecule has 0 radical (unpaired) electrons. The van der Waals surface area contributed by atoms with Gasteiger partial charge in [0.1, 0.15) is 5.88 Å². The Hall–Kier alpha value is -1.60. The maximum absolute atomic E-state index is 11.4. The van der Waals surface area contributed by atoms with Gasteiger partial charge in [0.2, 0.25) is 5.89 Å². The SMILES string of the molecule is CS(=O)(=O)c1cccc(Nc2nnc(CCl)o2)c1. The molecule has 8 heteroatoms. The summed E-state index contributed by atoms with van der Waals surface area (Å²) in [4.78, 5) is 0.213. The monoisotopic (exact) mass is 287 g/mol. The van der Waals surface area contributed by atoms with Crippen LogP contribution in [-0.4, -0.2) is 24.9 Å². The molecule has 1 heterocycles. The molecule has 0 bridgehead atoms. The van der Waals surface area contributed by atoms with Crippen molar-refractivity contribution < 1.29 is 12.8 Å². The number of aromatic nitrogens is 2. The summed E-state index contributed by atoms with van der Waals surface area (Å²) in [6, 6.07) is 6.48. The van der Waals surface area contributed by atoms with Crippen LogP contribution in [0.15, 0.2) is 33.6 Å². The van der Waals surface area contributed by atoms with Crippen LogP contribution in [0.5, 0.6) is 0 Å². The number of anilines is 2. The molecule has 0 fully saturated rings. The van der Waals surface area contributed by atoms with Crippen LogP contribution in [0.4, 0.5) is 11.7 Å². The van der Waals surface area contributed by atoms with E-state index in [-0.39, 0.29) is 16.8 Å². The van der Waals surface area contributed by atoms with Crippen LogP contribution in [0.25, 0.3) is 0 Å². The maximum Gasteiger partial charge on any atom is 0.320 e. The molecular weight excluding hydrogens is 278 g/mol. The first-order chi connectivity index (χ1) is 8.49. The molecule has 1 aromatic heterocycles. The highest BCUT2D eigenvalue weighted by Crippen LogP contribution is 2.19. The number of nitrogens with zero attached hydrogens (tertiary/aromatic N) is 2. The summed E-state index contributed by atoms with van der Waals surface area (Å²) in [5.74, 6) is 0.413. The molecule has 0 saturated carbocycles. The molecule has 2 rings (SSSR count). The van der Waals surface area contributed by atoms with E-state index in [4.69, 9.17) is 16.0 Å². The fraction of sp³-hybridized carbons (Fsp3) is 0.200. The van der Waals surface area contributed by atoms with Crippen LogP contribution in [0.1, 0.15) is 5.89 Å². The molecular formula is C10H10ClN3O3S. The number of hydrogen-bond acceptors (Lipinski definition) is 6. The Morgan fingerprint density at radius 3 is 2.78 bits per heavy atom. The lowest BCUT2D eigenvalue weighted by Gasteiger charge is -2.03. The normalized spacial score (nSPS) is 11.4. The van der Waals surface area contributed by atoms with Crippen molar-refractivity contribution in [3.63, 3.8) is 0 Å². The number of sulfone groups is 1. The summed E-state index contributed by atoms with van der Waals surface area (Å²) < 4.78 is 27.9. The van der Waals surface area contributed by atoms with Crippen LogP contribution in [0.2, 0.25) is 0 Å². The Morgan fingerprint density at radius 1 is 1.39 bits per heavy atom. The molecule has 0 spiro atoms. The lowest BCUT2D eigenvalue weighted by molar-refractivity contribution is 0.530. The Kier molecular flexibility index (Phi) is 3.53. The second-order valence-electron chi connectivity index (χ2n) is 3.56. The summed E-state index contributed by atoms with van der Waals surface area (Å²) in [6.07, 6.45) is 1.14. The van der Waals surface area contributed by atoms with E-state index in [1.54, 1.807) is 12.1 Å². The third kappa shape index (κ3) is 2.99. The van der Waals surface area contributed by atoms with Gasteiger partial charge in [0, 0.05) is 11.9 Å². The smallest absolute Gasteiger partial charge is 0.320 e. The van der Waals surface area contributed by atoms with Crippen molar-refractivity contribution >= 4 is 33.1 Å². The zero-order chi connectivity index (χ0) is 13.2. The molecule has 0 amide bonds. The van der Waals surface area contributed by atoms with E-state index < -0.39 is 9.84 Å². The topological polar surface area (TPSA) is 85.1 Å². The van der Waals surface area contributed by atoms with Crippen LogP contribution in [-0.2, 0) is 15.7 Å². The van der Waals surface area contributed by atoms with E-state index in [0.29, 0.717) is 11.6 Å². The summed E-state index contributed by atoms with van der Waals surface area (Å²) >= 11 is 5.52. The van der Waals surface area contributed by atoms with Crippen molar-refractivity contribution in [1.29, 1.82) is 0 Å². The molecule has 96 valence electrons. The number of nitrogens with one attached hydrogen (secondary N) is 1. The van der Waals surface area contributed by atoms with Gasteiger partial charge >= 0.3 is 6.01 Å². The number of rotatable bonds is 4. The van der Waals surface area contributed by atoms with E-state index in [2.05, 4.69) is 15.5 Å². The molecule has 0 unspecified atom stereocenters. The average Bonchev–Trinajstić information content (AvgIpc) is 2.76. The fourth-order valence-electron chi connectivity index (χ4n) is 1.29. The lowest BCUT2D eigenvalue weighted by atomic mass is 10.3. The minimum Gasteiger partial charge on any atom is -0.407 e. The van der Waals surface area contributed by atoms with E-state index in [1.807, 2.05) is 0 Å². The molecule has 0 aliphatic heterocycles. The first-order valence-electron chi connectivity index (χ1n) is 4.94. The minimum atomic E-state index is -3.24. The van der Waals surface area contributed by atoms with Gasteiger partial charge in [-0.2, -0.15) is 0 Å². The standard InChI is InChI=1S/C10H10ClN3O3S/c1-18(15,16)8-4-2-3-7(5-8)12-10-14-13-9(6-11)17-10/h2-5H,6H2,1H3,(H,12,14). The summed E-state index contributed by atoms with van der Waals surface area (Å²) in [6.45, 7) is 0. The highest BCUT2D eigenvalue weighted by Gasteiger charge is 2.09. The van der Waals surface area contributed by atoms with E-state index in [9.17, 15) is 8.42 Å². The molecule has 1 aromatic carbocycles. The fourth-order valence-corrected chi connectivity index (χ4v) is 2.06. The third-order valence-electron chi connectivity index (χ3n) is 2.09. The Labute approximate surface area is 109 Å². The zero-order valence-corrected chi connectivity index (χ0v) is 11.0. The minimum absolute atomic E-state index is 0.123. The summed E-state index contributed by atoms with van der Waals surface area (Å²) in [5.41, 5.74) is 0.544. The number of hydrogen-bond donors (Lipinski definition) is 1. The predicted molar refractivity (Wildman–Crippen MR) is 66.7 cm³/mol. The zero-order valence-electron chi connectivity index (χ0n) is 9.42. The van der Waals surface area contributed by atoms with Crippen LogP contribution in [0.3, 0.4) is 0 Å². The molecule has 18 heavy (non-hydrogen) atoms. The van der Waals surface area contributed by atoms with Gasteiger partial charge in [0.25, 0.3) is 0 Å². The van der Waals surface area contributed by atoms with Crippen LogP contribution in [0, 0.1) is 0 Å². The van der Waals surface area contributed by atoms with Gasteiger partial charge in [-0.05, 0) is 18.2 Å². The quantitative estimate of drug-likeness (QED) is 0.865. The van der Waals surface area contributed by atoms with Crippen molar-refractivity contribution in [2.45, 2.75) is 10.8 Å². The molecule has 2 aromatic rings. The second-order valence-corrected chi connectivity index (χ2v) is 5.84. The van der Waals surface area contributed by atoms with Gasteiger partial charge in [-0.3, -0.25) is 0 Å². The van der Waals surface area contributed by atoms with E-state index in [0.717, 1.165) is 6.26 Å². The molecule has 0 aliphatic rings. The average molecular weight is 288 g/mol. The first kappa shape index (κ1) is 12.8. The largest absolute Gasteiger partial charge is 0.407 e. The molecule has 0 aliphatic carbocycles. The highest BCUT2D eigenvalue weighted by atomic mass is 35.5. The second kappa shape index (κ2) is 4.95. The van der Waals surface area contributed by atoms with Gasteiger partial charge in [0.15, 0.2) is 9.84 Å². The Bertz CT molecular complexity index is 654. The van der Waals surface area contributed by atoms with Crippen molar-refractivity contribution in [1.82, 2.24) is 10.2 Å². The van der Waals surface area contributed by atoms with Gasteiger partial charge in [-0.15, -0.1) is 16.7 Å². The van der Waals surface area contributed by atoms with Crippen molar-refractivity contribution in [3.05, 3.63) is 30.2 Å². The molecule has 0 saturated heterocycles. The lowest BCUT2D eigenvalue weighted by Crippen LogP contribution is -1.98. The van der Waals surface area contributed by atoms with Gasteiger partial charge in [0.05, 0.1) is 4.90 Å². The van der Waals surface area contributed by atoms with Crippen LogP contribution < -0.4 is 5.32 Å². The van der Waals surface area contributed by atoms with Crippen molar-refractivity contribution in [2.75, 3.05) is 11.6 Å². The van der Waals surface area contributed by atoms with Gasteiger partial charge in [-0.25, -0.2) is 8.42 Å². The molecule has 6 nitrogen and oxygen atoms in total. The summed E-state index contributed by atoms with van der Waals surface area (Å²) in [5, 5.41) is 10.2. The number of alkyl halides is 1.